The van der Waals surface area contributed by atoms with Gasteiger partial charge in [0.1, 0.15) is 10.7 Å². The second-order valence-corrected chi connectivity index (χ2v) is 6.61. The maximum Gasteiger partial charge on any atom is 0.166 e. The van der Waals surface area contributed by atoms with E-state index >= 15 is 0 Å². The van der Waals surface area contributed by atoms with E-state index in [2.05, 4.69) is 31.4 Å². The summed E-state index contributed by atoms with van der Waals surface area (Å²) in [7, 11) is 0. The first-order valence-electron chi connectivity index (χ1n) is 7.65. The molecule has 0 fully saturated rings. The third-order valence-corrected chi connectivity index (χ3v) is 5.14. The van der Waals surface area contributed by atoms with E-state index in [1.165, 1.54) is 22.5 Å². The Morgan fingerprint density at radius 3 is 2.79 bits per heavy atom. The van der Waals surface area contributed by atoms with Gasteiger partial charge in [0.2, 0.25) is 0 Å². The highest BCUT2D eigenvalue weighted by atomic mass is 32.1. The molecule has 4 aromatic heterocycles. The number of aromatic amines is 1. The van der Waals surface area contributed by atoms with Crippen LogP contribution in [0.15, 0.2) is 42.9 Å². The molecule has 0 bridgehead atoms. The largest absolute Gasteiger partial charge is 0.276 e. The van der Waals surface area contributed by atoms with Crippen LogP contribution in [0.4, 0.5) is 0 Å². The highest BCUT2D eigenvalue weighted by Gasteiger charge is 2.20. The number of H-pyrrole nitrogens is 1. The van der Waals surface area contributed by atoms with Crippen molar-refractivity contribution in [3.63, 3.8) is 0 Å². The third kappa shape index (κ3) is 2.13. The Hall–Kier alpha value is -2.93. The lowest BCUT2D eigenvalue weighted by atomic mass is 9.94. The molecule has 0 atom stereocenters. The summed E-state index contributed by atoms with van der Waals surface area (Å²) in [4.78, 5) is 8.96. The summed E-state index contributed by atoms with van der Waals surface area (Å²) < 4.78 is 0. The minimum atomic E-state index is 0.809. The zero-order valence-electron chi connectivity index (χ0n) is 12.6. The quantitative estimate of drug-likeness (QED) is 0.610. The van der Waals surface area contributed by atoms with Gasteiger partial charge in [0.25, 0.3) is 0 Å². The van der Waals surface area contributed by atoms with Crippen LogP contribution in [-0.4, -0.2) is 30.4 Å². The van der Waals surface area contributed by atoms with Gasteiger partial charge < -0.3 is 0 Å². The molecule has 4 heterocycles. The van der Waals surface area contributed by atoms with Crippen molar-refractivity contribution < 1.29 is 0 Å². The topological polar surface area (TPSA) is 80.2 Å². The van der Waals surface area contributed by atoms with E-state index in [1.807, 2.05) is 24.4 Å². The minimum absolute atomic E-state index is 0.809. The molecule has 4 aromatic rings. The van der Waals surface area contributed by atoms with Gasteiger partial charge in [-0.1, -0.05) is 17.4 Å². The summed E-state index contributed by atoms with van der Waals surface area (Å²) in [6.07, 6.45) is 7.42. The average Bonchev–Trinajstić information content (AvgIpc) is 3.31. The van der Waals surface area contributed by atoms with Crippen LogP contribution in [0.25, 0.3) is 32.7 Å². The van der Waals surface area contributed by atoms with Crippen molar-refractivity contribution in [1.29, 1.82) is 0 Å². The fourth-order valence-electron chi connectivity index (χ4n) is 2.93. The predicted octanol–water partition coefficient (Wildman–Crippen LogP) is 3.15. The fraction of sp³-hybridized carbons (Fsp3) is 0.118. The molecular formula is C17H12N6S. The van der Waals surface area contributed by atoms with Crippen molar-refractivity contribution in [2.45, 2.75) is 12.8 Å². The van der Waals surface area contributed by atoms with Crippen molar-refractivity contribution in [3.8, 4) is 32.7 Å². The molecule has 0 amide bonds. The Bertz CT molecular complexity index is 1020. The molecule has 0 radical (unpaired) electrons. The van der Waals surface area contributed by atoms with E-state index in [4.69, 9.17) is 4.98 Å². The average molecular weight is 332 g/mol. The lowest BCUT2D eigenvalue weighted by molar-refractivity contribution is 0.926. The van der Waals surface area contributed by atoms with Crippen LogP contribution < -0.4 is 0 Å². The van der Waals surface area contributed by atoms with Gasteiger partial charge in [0, 0.05) is 18.0 Å². The molecule has 6 nitrogen and oxygen atoms in total. The van der Waals surface area contributed by atoms with Gasteiger partial charge in [-0.05, 0) is 42.2 Å². The van der Waals surface area contributed by atoms with Crippen LogP contribution in [0.5, 0.6) is 0 Å². The molecule has 5 rings (SSSR count). The molecule has 0 unspecified atom stereocenters. The molecule has 1 aliphatic rings. The number of aromatic nitrogens is 6. The summed E-state index contributed by atoms with van der Waals surface area (Å²) in [5.41, 5.74) is 6.27. The highest BCUT2D eigenvalue weighted by molar-refractivity contribution is 7.17. The van der Waals surface area contributed by atoms with E-state index < -0.39 is 0 Å². The Kier molecular flexibility index (Phi) is 2.99. The first-order chi connectivity index (χ1) is 11.9. The minimum Gasteiger partial charge on any atom is -0.276 e. The first kappa shape index (κ1) is 13.5. The zero-order chi connectivity index (χ0) is 15.9. The summed E-state index contributed by atoms with van der Waals surface area (Å²) in [6.45, 7) is 0. The lowest BCUT2D eigenvalue weighted by Crippen LogP contribution is -2.05. The van der Waals surface area contributed by atoms with Gasteiger partial charge in [0.15, 0.2) is 5.01 Å². The zero-order valence-corrected chi connectivity index (χ0v) is 13.4. The van der Waals surface area contributed by atoms with E-state index in [-0.39, 0.29) is 0 Å². The van der Waals surface area contributed by atoms with Gasteiger partial charge in [-0.2, -0.15) is 5.10 Å². The number of rotatable bonds is 2. The summed E-state index contributed by atoms with van der Waals surface area (Å²) >= 11 is 1.52. The normalized spacial score (nSPS) is 12.7. The van der Waals surface area contributed by atoms with Gasteiger partial charge in [-0.25, -0.2) is 4.98 Å². The number of aryl methyl sites for hydroxylation is 2. The van der Waals surface area contributed by atoms with Crippen molar-refractivity contribution in [2.75, 3.05) is 0 Å². The SMILES string of the molecule is c1cncc(-c2nnc(-c3ccc4c(n3)-c3[nH]ncc3CC4)s2)c1. The Labute approximate surface area is 141 Å². The number of fused-ring (bicyclic) bond motifs is 3. The Morgan fingerprint density at radius 1 is 0.958 bits per heavy atom. The van der Waals surface area contributed by atoms with Crippen LogP contribution in [-0.2, 0) is 12.8 Å². The number of hydrogen-bond donors (Lipinski definition) is 1. The molecule has 7 heteroatoms. The van der Waals surface area contributed by atoms with Crippen LogP contribution in [0.3, 0.4) is 0 Å². The van der Waals surface area contributed by atoms with E-state index in [0.717, 1.165) is 45.5 Å². The smallest absolute Gasteiger partial charge is 0.166 e. The molecule has 24 heavy (non-hydrogen) atoms. The van der Waals surface area contributed by atoms with Crippen molar-refractivity contribution in [2.24, 2.45) is 0 Å². The maximum atomic E-state index is 4.83. The second kappa shape index (κ2) is 5.31. The van der Waals surface area contributed by atoms with E-state index in [1.54, 1.807) is 12.4 Å². The molecule has 0 spiro atoms. The number of hydrogen-bond acceptors (Lipinski definition) is 6. The van der Waals surface area contributed by atoms with Crippen molar-refractivity contribution in [1.82, 2.24) is 30.4 Å². The molecule has 0 saturated heterocycles. The number of nitrogens with zero attached hydrogens (tertiary/aromatic N) is 5. The van der Waals surface area contributed by atoms with Gasteiger partial charge in [0.05, 0.1) is 17.6 Å². The van der Waals surface area contributed by atoms with Crippen LogP contribution in [0, 0.1) is 0 Å². The second-order valence-electron chi connectivity index (χ2n) is 5.63. The highest BCUT2D eigenvalue weighted by Crippen LogP contribution is 2.34. The Balaban J connectivity index is 1.57. The number of pyridine rings is 2. The summed E-state index contributed by atoms with van der Waals surface area (Å²) in [6, 6.07) is 8.03. The Morgan fingerprint density at radius 2 is 1.88 bits per heavy atom. The van der Waals surface area contributed by atoms with Crippen LogP contribution in [0.2, 0.25) is 0 Å². The monoisotopic (exact) mass is 332 g/mol. The lowest BCUT2D eigenvalue weighted by Gasteiger charge is -2.14. The molecule has 116 valence electrons. The van der Waals surface area contributed by atoms with Gasteiger partial charge in [-0.15, -0.1) is 10.2 Å². The van der Waals surface area contributed by atoms with Gasteiger partial charge in [-0.3, -0.25) is 10.1 Å². The molecule has 0 aliphatic heterocycles. The van der Waals surface area contributed by atoms with Crippen LogP contribution >= 0.6 is 11.3 Å². The molecule has 0 aromatic carbocycles. The molecular weight excluding hydrogens is 320 g/mol. The third-order valence-electron chi connectivity index (χ3n) is 4.15. The number of nitrogens with one attached hydrogen (secondary N) is 1. The maximum absolute atomic E-state index is 4.83. The van der Waals surface area contributed by atoms with Crippen molar-refractivity contribution in [3.05, 3.63) is 54.0 Å². The fourth-order valence-corrected chi connectivity index (χ4v) is 3.74. The van der Waals surface area contributed by atoms with E-state index in [9.17, 15) is 0 Å². The molecule has 0 saturated carbocycles. The van der Waals surface area contributed by atoms with Crippen molar-refractivity contribution >= 4 is 11.3 Å². The van der Waals surface area contributed by atoms with E-state index in [0.29, 0.717) is 0 Å². The molecule has 1 aliphatic carbocycles. The predicted molar refractivity (Wildman–Crippen MR) is 91.4 cm³/mol. The summed E-state index contributed by atoms with van der Waals surface area (Å²) in [5, 5.41) is 17.5. The van der Waals surface area contributed by atoms with Gasteiger partial charge >= 0.3 is 0 Å². The summed E-state index contributed by atoms with van der Waals surface area (Å²) in [5.74, 6) is 0. The first-order valence-corrected chi connectivity index (χ1v) is 8.47. The standard InChI is InChI=1S/C17H12N6S/c1-2-12(8-18-7-1)16-22-23-17(24-16)13-6-5-10-3-4-11-9-19-21-15(11)14(10)20-13/h1-2,5-9H,3-4H2,(H,19,21). The van der Waals surface area contributed by atoms with Crippen LogP contribution in [0.1, 0.15) is 11.1 Å². The molecule has 1 N–H and O–H groups in total.